The van der Waals surface area contributed by atoms with E-state index in [0.717, 1.165) is 5.65 Å². The molecule has 11 heavy (non-hydrogen) atoms. The molecule has 0 saturated heterocycles. The summed E-state index contributed by atoms with van der Waals surface area (Å²) in [5.41, 5.74) is 6.24. The Kier molecular flexibility index (Phi) is 2.09. The minimum atomic E-state index is 0. The minimum Gasteiger partial charge on any atom is -0.368 e. The standard InChI is InChI=1S/C6H6N4.BrH/c7-6-9-8-5-3-1-2-4-10(5)6;/h1-4H,(H2,7,9);1H. The van der Waals surface area contributed by atoms with Gasteiger partial charge >= 0.3 is 0 Å². The van der Waals surface area contributed by atoms with Gasteiger partial charge in [-0.15, -0.1) is 27.2 Å². The van der Waals surface area contributed by atoms with E-state index in [1.165, 1.54) is 0 Å². The smallest absolute Gasteiger partial charge is 0.226 e. The van der Waals surface area contributed by atoms with Crippen LogP contribution in [0.15, 0.2) is 24.4 Å². The van der Waals surface area contributed by atoms with Gasteiger partial charge in [-0.2, -0.15) is 0 Å². The highest BCUT2D eigenvalue weighted by atomic mass is 79.9. The Morgan fingerprint density at radius 2 is 2.09 bits per heavy atom. The summed E-state index contributed by atoms with van der Waals surface area (Å²) in [6, 6.07) is 5.62. The number of anilines is 1. The van der Waals surface area contributed by atoms with Gasteiger partial charge in [0.1, 0.15) is 0 Å². The second-order valence-electron chi connectivity index (χ2n) is 1.99. The van der Waals surface area contributed by atoms with Crippen molar-refractivity contribution in [1.82, 2.24) is 14.6 Å². The quantitative estimate of drug-likeness (QED) is 0.709. The molecule has 0 amide bonds. The largest absolute Gasteiger partial charge is 0.368 e. The molecule has 0 saturated carbocycles. The first-order chi connectivity index (χ1) is 4.88. The van der Waals surface area contributed by atoms with Crippen molar-refractivity contribution in [3.05, 3.63) is 24.4 Å². The van der Waals surface area contributed by atoms with Gasteiger partial charge in [0, 0.05) is 6.20 Å². The molecule has 4 nitrogen and oxygen atoms in total. The fourth-order valence-corrected chi connectivity index (χ4v) is 0.860. The lowest BCUT2D eigenvalue weighted by Gasteiger charge is -1.89. The van der Waals surface area contributed by atoms with Crippen LogP contribution in [-0.2, 0) is 0 Å². The molecular weight excluding hydrogens is 208 g/mol. The second-order valence-corrected chi connectivity index (χ2v) is 1.99. The fourth-order valence-electron chi connectivity index (χ4n) is 0.860. The molecule has 0 radical (unpaired) electrons. The van der Waals surface area contributed by atoms with Gasteiger partial charge in [-0.05, 0) is 12.1 Å². The van der Waals surface area contributed by atoms with Crippen LogP contribution >= 0.6 is 17.0 Å². The van der Waals surface area contributed by atoms with Crippen LogP contribution in [0.2, 0.25) is 0 Å². The molecule has 2 heterocycles. The molecule has 2 aromatic heterocycles. The lowest BCUT2D eigenvalue weighted by atomic mass is 10.5. The third-order valence-electron chi connectivity index (χ3n) is 1.34. The number of nitrogen functional groups attached to an aromatic ring is 1. The Labute approximate surface area is 73.8 Å². The van der Waals surface area contributed by atoms with Gasteiger partial charge in [0.05, 0.1) is 0 Å². The van der Waals surface area contributed by atoms with Crippen molar-refractivity contribution >= 4 is 28.6 Å². The topological polar surface area (TPSA) is 56.2 Å². The summed E-state index contributed by atoms with van der Waals surface area (Å²) in [5.74, 6) is 0.426. The van der Waals surface area contributed by atoms with Crippen molar-refractivity contribution in [2.75, 3.05) is 5.73 Å². The van der Waals surface area contributed by atoms with E-state index in [9.17, 15) is 0 Å². The maximum atomic E-state index is 5.47. The average Bonchev–Trinajstić information content (AvgIpc) is 2.34. The molecular formula is C6H7BrN4. The van der Waals surface area contributed by atoms with Crippen LogP contribution in [-0.4, -0.2) is 14.6 Å². The second kappa shape index (κ2) is 2.87. The van der Waals surface area contributed by atoms with Gasteiger partial charge < -0.3 is 5.73 Å². The third kappa shape index (κ3) is 1.19. The number of nitrogens with zero attached hydrogens (tertiary/aromatic N) is 3. The maximum Gasteiger partial charge on any atom is 0.226 e. The van der Waals surface area contributed by atoms with Crippen LogP contribution in [0.25, 0.3) is 5.65 Å². The predicted octanol–water partition coefficient (Wildman–Crippen LogP) is 0.889. The summed E-state index contributed by atoms with van der Waals surface area (Å²) in [4.78, 5) is 0. The molecule has 0 unspecified atom stereocenters. The van der Waals surface area contributed by atoms with Crippen molar-refractivity contribution < 1.29 is 0 Å². The van der Waals surface area contributed by atoms with Gasteiger partial charge in [0.2, 0.25) is 5.95 Å². The number of nitrogens with two attached hydrogens (primary N) is 1. The van der Waals surface area contributed by atoms with Crippen LogP contribution in [0.1, 0.15) is 0 Å². The minimum absolute atomic E-state index is 0. The number of hydrogen-bond donors (Lipinski definition) is 1. The molecule has 0 aliphatic heterocycles. The number of rotatable bonds is 0. The van der Waals surface area contributed by atoms with Gasteiger partial charge in [-0.25, -0.2) is 0 Å². The van der Waals surface area contributed by atoms with E-state index in [1.807, 2.05) is 24.4 Å². The average molecular weight is 215 g/mol. The molecule has 2 N–H and O–H groups in total. The molecule has 0 aliphatic rings. The van der Waals surface area contributed by atoms with Crippen molar-refractivity contribution in [3.63, 3.8) is 0 Å². The lowest BCUT2D eigenvalue weighted by Crippen LogP contribution is -1.92. The monoisotopic (exact) mass is 214 g/mol. The number of hydrogen-bond acceptors (Lipinski definition) is 3. The molecule has 0 aliphatic carbocycles. The number of pyridine rings is 1. The third-order valence-corrected chi connectivity index (χ3v) is 1.34. The zero-order valence-electron chi connectivity index (χ0n) is 5.64. The first-order valence-electron chi connectivity index (χ1n) is 2.93. The van der Waals surface area contributed by atoms with E-state index in [0.29, 0.717) is 5.95 Å². The van der Waals surface area contributed by atoms with Crippen molar-refractivity contribution in [2.45, 2.75) is 0 Å². The summed E-state index contributed by atoms with van der Waals surface area (Å²) < 4.78 is 1.72. The zero-order chi connectivity index (χ0) is 6.97. The Bertz CT molecular complexity index is 356. The molecule has 0 atom stereocenters. The molecule has 0 spiro atoms. The molecule has 0 aromatic carbocycles. The van der Waals surface area contributed by atoms with Crippen LogP contribution in [0.5, 0.6) is 0 Å². The van der Waals surface area contributed by atoms with Crippen molar-refractivity contribution in [3.8, 4) is 0 Å². The summed E-state index contributed by atoms with van der Waals surface area (Å²) in [6.45, 7) is 0. The number of aromatic nitrogens is 3. The normalized spacial score (nSPS) is 9.45. The van der Waals surface area contributed by atoms with Crippen LogP contribution in [0, 0.1) is 0 Å². The molecule has 2 aromatic rings. The fraction of sp³-hybridized carbons (Fsp3) is 0. The van der Waals surface area contributed by atoms with Crippen LogP contribution in [0.4, 0.5) is 5.95 Å². The van der Waals surface area contributed by atoms with E-state index in [4.69, 9.17) is 5.73 Å². The molecule has 0 bridgehead atoms. The predicted molar refractivity (Wildman–Crippen MR) is 47.7 cm³/mol. The molecule has 5 heteroatoms. The Hall–Kier alpha value is -1.10. The molecule has 2 rings (SSSR count). The highest BCUT2D eigenvalue weighted by Gasteiger charge is 1.95. The van der Waals surface area contributed by atoms with Crippen LogP contribution < -0.4 is 5.73 Å². The Morgan fingerprint density at radius 1 is 1.27 bits per heavy atom. The van der Waals surface area contributed by atoms with Gasteiger partial charge in [0.15, 0.2) is 5.65 Å². The number of fused-ring (bicyclic) bond motifs is 1. The van der Waals surface area contributed by atoms with Crippen LogP contribution in [0.3, 0.4) is 0 Å². The van der Waals surface area contributed by atoms with Gasteiger partial charge in [-0.3, -0.25) is 4.40 Å². The lowest BCUT2D eigenvalue weighted by molar-refractivity contribution is 1.12. The summed E-state index contributed by atoms with van der Waals surface area (Å²) in [6.07, 6.45) is 1.82. The summed E-state index contributed by atoms with van der Waals surface area (Å²) >= 11 is 0. The Morgan fingerprint density at radius 3 is 2.82 bits per heavy atom. The van der Waals surface area contributed by atoms with Gasteiger partial charge in [-0.1, -0.05) is 6.07 Å². The van der Waals surface area contributed by atoms with E-state index in [2.05, 4.69) is 10.2 Å². The summed E-state index contributed by atoms with van der Waals surface area (Å²) in [5, 5.41) is 7.49. The van der Waals surface area contributed by atoms with Crippen molar-refractivity contribution in [1.29, 1.82) is 0 Å². The maximum absolute atomic E-state index is 5.47. The molecule has 0 fully saturated rings. The number of halogens is 1. The van der Waals surface area contributed by atoms with E-state index >= 15 is 0 Å². The van der Waals surface area contributed by atoms with E-state index in [1.54, 1.807) is 4.40 Å². The van der Waals surface area contributed by atoms with E-state index < -0.39 is 0 Å². The zero-order valence-corrected chi connectivity index (χ0v) is 7.35. The first kappa shape index (κ1) is 8.00. The first-order valence-corrected chi connectivity index (χ1v) is 2.93. The SMILES string of the molecule is Br.Nc1nnc2ccccn12. The Balaban J connectivity index is 0.000000605. The highest BCUT2D eigenvalue weighted by molar-refractivity contribution is 8.93. The van der Waals surface area contributed by atoms with Gasteiger partial charge in [0.25, 0.3) is 0 Å². The molecule has 58 valence electrons. The van der Waals surface area contributed by atoms with E-state index in [-0.39, 0.29) is 17.0 Å². The summed E-state index contributed by atoms with van der Waals surface area (Å²) in [7, 11) is 0. The highest BCUT2D eigenvalue weighted by Crippen LogP contribution is 2.01. The van der Waals surface area contributed by atoms with Crippen molar-refractivity contribution in [2.24, 2.45) is 0 Å².